The second-order valence-electron chi connectivity index (χ2n) is 4.97. The lowest BCUT2D eigenvalue weighted by atomic mass is 10.2. The Balaban J connectivity index is 1.93. The fourth-order valence-corrected chi connectivity index (χ4v) is 2.08. The van der Waals surface area contributed by atoms with Crippen molar-refractivity contribution in [3.63, 3.8) is 0 Å². The maximum absolute atomic E-state index is 5.32. The molecule has 3 rings (SSSR count). The molecule has 3 aromatic rings. The number of fused-ring (bicyclic) bond motifs is 1. The van der Waals surface area contributed by atoms with Crippen molar-refractivity contribution in [3.8, 4) is 11.5 Å². The predicted molar refractivity (Wildman–Crippen MR) is 76.7 cm³/mol. The van der Waals surface area contributed by atoms with Crippen molar-refractivity contribution in [2.24, 2.45) is 0 Å². The molecule has 0 aromatic carbocycles. The molecule has 21 heavy (non-hydrogen) atoms. The van der Waals surface area contributed by atoms with Crippen LogP contribution in [-0.2, 0) is 12.8 Å². The Hall–Kier alpha value is -2.28. The van der Waals surface area contributed by atoms with Gasteiger partial charge in [0.1, 0.15) is 0 Å². The van der Waals surface area contributed by atoms with Gasteiger partial charge in [-0.1, -0.05) is 17.2 Å². The smallest absolute Gasteiger partial charge is 0.259 e. The number of rotatable bonds is 5. The fraction of sp³-hybridized carbons (Fsp3) is 0.429. The number of likely N-dealkylation sites (N-methyl/N-ethyl adjacent to an activating group) is 1. The molecule has 1 N–H and O–H groups in total. The van der Waals surface area contributed by atoms with Gasteiger partial charge in [0.15, 0.2) is 5.82 Å². The molecule has 3 heterocycles. The van der Waals surface area contributed by atoms with Crippen LogP contribution >= 0.6 is 0 Å². The number of nitrogens with one attached hydrogen (secondary N) is 1. The van der Waals surface area contributed by atoms with E-state index in [-0.39, 0.29) is 0 Å². The van der Waals surface area contributed by atoms with Crippen LogP contribution in [0.4, 0.5) is 0 Å². The van der Waals surface area contributed by atoms with E-state index >= 15 is 0 Å². The number of aromatic nitrogens is 4. The molecule has 0 radical (unpaired) electrons. The third kappa shape index (κ3) is 2.64. The van der Waals surface area contributed by atoms with Crippen LogP contribution in [0.2, 0.25) is 0 Å². The Morgan fingerprint density at radius 3 is 2.90 bits per heavy atom. The second-order valence-corrected chi connectivity index (χ2v) is 4.97. The van der Waals surface area contributed by atoms with Crippen LogP contribution in [0.3, 0.4) is 0 Å². The quantitative estimate of drug-likeness (QED) is 0.767. The number of aryl methyl sites for hydroxylation is 1. The van der Waals surface area contributed by atoms with Gasteiger partial charge in [-0.2, -0.15) is 4.98 Å². The van der Waals surface area contributed by atoms with Gasteiger partial charge in [-0.25, -0.2) is 4.98 Å². The molecular weight excluding hydrogens is 270 g/mol. The number of hydrogen-bond donors (Lipinski definition) is 1. The van der Waals surface area contributed by atoms with Crippen molar-refractivity contribution in [3.05, 3.63) is 23.8 Å². The lowest BCUT2D eigenvalue weighted by molar-refractivity contribution is 0.418. The van der Waals surface area contributed by atoms with E-state index in [0.717, 1.165) is 23.1 Å². The van der Waals surface area contributed by atoms with Crippen LogP contribution in [0.25, 0.3) is 22.6 Å². The molecule has 0 aliphatic carbocycles. The van der Waals surface area contributed by atoms with E-state index in [2.05, 4.69) is 32.5 Å². The van der Waals surface area contributed by atoms with Gasteiger partial charge >= 0.3 is 0 Å². The van der Waals surface area contributed by atoms with Gasteiger partial charge in [0, 0.05) is 18.7 Å². The highest BCUT2D eigenvalue weighted by atomic mass is 16.5. The maximum Gasteiger partial charge on any atom is 0.259 e. The van der Waals surface area contributed by atoms with Crippen LogP contribution in [0, 0.1) is 0 Å². The van der Waals surface area contributed by atoms with Crippen molar-refractivity contribution in [1.82, 2.24) is 25.6 Å². The van der Waals surface area contributed by atoms with Gasteiger partial charge in [0.25, 0.3) is 11.6 Å². The summed E-state index contributed by atoms with van der Waals surface area (Å²) in [6.45, 7) is 4.09. The molecule has 1 atom stereocenters. The first-order chi connectivity index (χ1) is 10.2. The van der Waals surface area contributed by atoms with Crippen molar-refractivity contribution >= 4 is 11.1 Å². The molecule has 7 heteroatoms. The highest BCUT2D eigenvalue weighted by Gasteiger charge is 2.14. The molecule has 0 fully saturated rings. The Morgan fingerprint density at radius 1 is 1.29 bits per heavy atom. The second kappa shape index (κ2) is 5.61. The van der Waals surface area contributed by atoms with E-state index in [1.807, 2.05) is 20.0 Å². The van der Waals surface area contributed by atoms with Gasteiger partial charge in [0.05, 0.1) is 16.6 Å². The molecule has 0 amide bonds. The molecule has 0 saturated carbocycles. The summed E-state index contributed by atoms with van der Waals surface area (Å²) in [5, 5.41) is 12.0. The maximum atomic E-state index is 5.32. The standard InChI is InChI=1S/C14H17N5O2/c1-4-11-10-6-9(7-16-14(10)21-18-11)13-17-12(19-20-13)5-8(2)15-3/h6-8,15H,4-5H2,1-3H3. The lowest BCUT2D eigenvalue weighted by Crippen LogP contribution is -2.24. The van der Waals surface area contributed by atoms with E-state index in [9.17, 15) is 0 Å². The predicted octanol–water partition coefficient (Wildman–Crippen LogP) is 1.99. The van der Waals surface area contributed by atoms with E-state index < -0.39 is 0 Å². The molecule has 0 aliphatic rings. The monoisotopic (exact) mass is 287 g/mol. The SMILES string of the molecule is CCc1noc2ncc(-c3nc(CC(C)NC)no3)cc12. The minimum Gasteiger partial charge on any atom is -0.336 e. The minimum atomic E-state index is 0.292. The largest absolute Gasteiger partial charge is 0.336 e. The summed E-state index contributed by atoms with van der Waals surface area (Å²) in [6.07, 6.45) is 3.15. The van der Waals surface area contributed by atoms with E-state index in [4.69, 9.17) is 9.05 Å². The van der Waals surface area contributed by atoms with Gasteiger partial charge < -0.3 is 14.4 Å². The minimum absolute atomic E-state index is 0.292. The van der Waals surface area contributed by atoms with Crippen LogP contribution in [0.1, 0.15) is 25.4 Å². The van der Waals surface area contributed by atoms with E-state index in [0.29, 0.717) is 29.9 Å². The molecule has 110 valence electrons. The zero-order valence-electron chi connectivity index (χ0n) is 12.3. The zero-order chi connectivity index (χ0) is 14.8. The molecule has 3 aromatic heterocycles. The van der Waals surface area contributed by atoms with Crippen LogP contribution < -0.4 is 5.32 Å². The normalized spacial score (nSPS) is 12.9. The van der Waals surface area contributed by atoms with Crippen LogP contribution in [0.15, 0.2) is 21.3 Å². The highest BCUT2D eigenvalue weighted by molar-refractivity contribution is 5.80. The first kappa shape index (κ1) is 13.7. The molecular formula is C14H17N5O2. The Bertz CT molecular complexity index is 749. The van der Waals surface area contributed by atoms with E-state index in [1.165, 1.54) is 0 Å². The first-order valence-electron chi connectivity index (χ1n) is 6.95. The summed E-state index contributed by atoms with van der Waals surface area (Å²) >= 11 is 0. The van der Waals surface area contributed by atoms with Crippen molar-refractivity contribution in [2.75, 3.05) is 7.05 Å². The number of pyridine rings is 1. The highest BCUT2D eigenvalue weighted by Crippen LogP contribution is 2.24. The topological polar surface area (TPSA) is 89.9 Å². The Kier molecular flexibility index (Phi) is 3.66. The van der Waals surface area contributed by atoms with Gasteiger partial charge in [-0.3, -0.25) is 0 Å². The molecule has 0 bridgehead atoms. The van der Waals surface area contributed by atoms with Gasteiger partial charge in [-0.15, -0.1) is 0 Å². The summed E-state index contributed by atoms with van der Waals surface area (Å²) in [7, 11) is 1.90. The van der Waals surface area contributed by atoms with Crippen molar-refractivity contribution in [1.29, 1.82) is 0 Å². The molecule has 0 saturated heterocycles. The van der Waals surface area contributed by atoms with Crippen LogP contribution in [0.5, 0.6) is 0 Å². The third-order valence-electron chi connectivity index (χ3n) is 3.44. The lowest BCUT2D eigenvalue weighted by Gasteiger charge is -2.04. The van der Waals surface area contributed by atoms with Crippen molar-refractivity contribution < 1.29 is 9.05 Å². The summed E-state index contributed by atoms with van der Waals surface area (Å²) < 4.78 is 10.5. The Morgan fingerprint density at radius 2 is 2.14 bits per heavy atom. The molecule has 0 spiro atoms. The van der Waals surface area contributed by atoms with Gasteiger partial charge in [0.2, 0.25) is 0 Å². The molecule has 7 nitrogen and oxygen atoms in total. The first-order valence-corrected chi connectivity index (χ1v) is 6.95. The molecule has 0 aliphatic heterocycles. The summed E-state index contributed by atoms with van der Waals surface area (Å²) in [5.74, 6) is 1.14. The third-order valence-corrected chi connectivity index (χ3v) is 3.44. The number of hydrogen-bond acceptors (Lipinski definition) is 7. The zero-order valence-corrected chi connectivity index (χ0v) is 12.3. The molecule has 1 unspecified atom stereocenters. The summed E-state index contributed by atoms with van der Waals surface area (Å²) in [6, 6.07) is 2.22. The average molecular weight is 287 g/mol. The van der Waals surface area contributed by atoms with Gasteiger partial charge in [-0.05, 0) is 26.5 Å². The fourth-order valence-electron chi connectivity index (χ4n) is 2.08. The average Bonchev–Trinajstić information content (AvgIpc) is 3.12. The summed E-state index contributed by atoms with van der Waals surface area (Å²) in [5.41, 5.74) is 2.18. The number of nitrogens with zero attached hydrogens (tertiary/aromatic N) is 4. The summed E-state index contributed by atoms with van der Waals surface area (Å²) in [4.78, 5) is 8.65. The van der Waals surface area contributed by atoms with Crippen LogP contribution in [-0.4, -0.2) is 33.4 Å². The Labute approximate surface area is 121 Å². The van der Waals surface area contributed by atoms with Crippen molar-refractivity contribution in [2.45, 2.75) is 32.7 Å². The van der Waals surface area contributed by atoms with E-state index in [1.54, 1.807) is 6.20 Å².